The second kappa shape index (κ2) is 5.63. The van der Waals surface area contributed by atoms with Crippen molar-refractivity contribution in [2.24, 2.45) is 0 Å². The quantitative estimate of drug-likeness (QED) is 0.813. The molecule has 0 bridgehead atoms. The number of unbranched alkanes of at least 4 members (excludes halogenated alkanes) is 1. The van der Waals surface area contributed by atoms with Crippen LogP contribution in [0.5, 0.6) is 0 Å². The van der Waals surface area contributed by atoms with Gasteiger partial charge in [-0.1, -0.05) is 19.8 Å². The number of anilines is 1. The SMILES string of the molecule is CCCCC(C)Nc1ncnc(C)c1F. The first-order chi connectivity index (χ1) is 7.15. The Hall–Kier alpha value is -1.19. The summed E-state index contributed by atoms with van der Waals surface area (Å²) in [5.74, 6) is -0.0352. The fourth-order valence-electron chi connectivity index (χ4n) is 1.37. The summed E-state index contributed by atoms with van der Waals surface area (Å²) in [5, 5.41) is 3.06. The number of rotatable bonds is 5. The molecule has 4 heteroatoms. The van der Waals surface area contributed by atoms with Gasteiger partial charge in [0.25, 0.3) is 0 Å². The molecule has 1 aromatic heterocycles. The fraction of sp³-hybridized carbons (Fsp3) is 0.636. The molecule has 0 aliphatic rings. The van der Waals surface area contributed by atoms with Crippen molar-refractivity contribution in [1.82, 2.24) is 9.97 Å². The minimum absolute atomic E-state index is 0.244. The number of hydrogen-bond acceptors (Lipinski definition) is 3. The van der Waals surface area contributed by atoms with Crippen molar-refractivity contribution in [2.45, 2.75) is 46.1 Å². The van der Waals surface area contributed by atoms with E-state index in [1.807, 2.05) is 6.92 Å². The van der Waals surface area contributed by atoms with Gasteiger partial charge in [0.15, 0.2) is 11.6 Å². The molecule has 0 amide bonds. The van der Waals surface area contributed by atoms with Gasteiger partial charge in [-0.25, -0.2) is 14.4 Å². The summed E-state index contributed by atoms with van der Waals surface area (Å²) in [5.41, 5.74) is 0.384. The van der Waals surface area contributed by atoms with Gasteiger partial charge >= 0.3 is 0 Å². The van der Waals surface area contributed by atoms with E-state index in [1.54, 1.807) is 6.92 Å². The van der Waals surface area contributed by atoms with E-state index < -0.39 is 0 Å². The number of nitrogens with zero attached hydrogens (tertiary/aromatic N) is 2. The maximum atomic E-state index is 13.5. The number of nitrogens with one attached hydrogen (secondary N) is 1. The number of aryl methyl sites for hydroxylation is 1. The van der Waals surface area contributed by atoms with Crippen LogP contribution < -0.4 is 5.32 Å². The van der Waals surface area contributed by atoms with Crippen LogP contribution >= 0.6 is 0 Å². The van der Waals surface area contributed by atoms with E-state index in [2.05, 4.69) is 22.2 Å². The van der Waals surface area contributed by atoms with Crippen molar-refractivity contribution in [3.05, 3.63) is 17.8 Å². The topological polar surface area (TPSA) is 37.8 Å². The van der Waals surface area contributed by atoms with Crippen LogP contribution in [0.2, 0.25) is 0 Å². The molecule has 1 N–H and O–H groups in total. The molecule has 84 valence electrons. The molecular weight excluding hydrogens is 193 g/mol. The first kappa shape index (κ1) is 11.9. The molecule has 1 heterocycles. The first-order valence-corrected chi connectivity index (χ1v) is 5.38. The number of aromatic nitrogens is 2. The zero-order valence-electron chi connectivity index (χ0n) is 9.55. The monoisotopic (exact) mass is 211 g/mol. The third kappa shape index (κ3) is 3.46. The highest BCUT2D eigenvalue weighted by Crippen LogP contribution is 2.14. The Balaban J connectivity index is 2.60. The predicted octanol–water partition coefficient (Wildman–Crippen LogP) is 2.91. The number of halogens is 1. The number of hydrogen-bond donors (Lipinski definition) is 1. The highest BCUT2D eigenvalue weighted by molar-refractivity contribution is 5.37. The van der Waals surface area contributed by atoms with Crippen LogP contribution in [-0.4, -0.2) is 16.0 Å². The Bertz CT molecular complexity index is 315. The molecule has 3 nitrogen and oxygen atoms in total. The molecule has 0 fully saturated rings. The second-order valence-electron chi connectivity index (χ2n) is 3.81. The average Bonchev–Trinajstić information content (AvgIpc) is 2.22. The Morgan fingerprint density at radius 3 is 2.87 bits per heavy atom. The van der Waals surface area contributed by atoms with Crippen molar-refractivity contribution >= 4 is 5.82 Å². The van der Waals surface area contributed by atoms with E-state index in [9.17, 15) is 4.39 Å². The van der Waals surface area contributed by atoms with E-state index in [0.29, 0.717) is 11.5 Å². The summed E-state index contributed by atoms with van der Waals surface area (Å²) in [6.07, 6.45) is 4.70. The van der Waals surface area contributed by atoms with Crippen LogP contribution in [0.15, 0.2) is 6.33 Å². The lowest BCUT2D eigenvalue weighted by Gasteiger charge is -2.14. The van der Waals surface area contributed by atoms with Gasteiger partial charge < -0.3 is 5.32 Å². The lowest BCUT2D eigenvalue weighted by molar-refractivity contribution is 0.591. The van der Waals surface area contributed by atoms with Crippen LogP contribution in [-0.2, 0) is 0 Å². The molecule has 1 aromatic rings. The standard InChI is InChI=1S/C11H18FN3/c1-4-5-6-8(2)15-11-10(12)9(3)13-7-14-11/h7-8H,4-6H2,1-3H3,(H,13,14,15). The summed E-state index contributed by atoms with van der Waals surface area (Å²) in [4.78, 5) is 7.67. The predicted molar refractivity (Wildman–Crippen MR) is 59.3 cm³/mol. The van der Waals surface area contributed by atoms with E-state index in [1.165, 1.54) is 6.33 Å². The Kier molecular flexibility index (Phi) is 4.46. The molecule has 0 aliphatic carbocycles. The Labute approximate surface area is 90.1 Å². The van der Waals surface area contributed by atoms with Gasteiger partial charge in [0.1, 0.15) is 6.33 Å². The molecule has 0 aliphatic heterocycles. The minimum Gasteiger partial charge on any atom is -0.365 e. The maximum absolute atomic E-state index is 13.5. The van der Waals surface area contributed by atoms with Crippen molar-refractivity contribution in [3.63, 3.8) is 0 Å². The Morgan fingerprint density at radius 1 is 1.47 bits per heavy atom. The third-order valence-corrected chi connectivity index (χ3v) is 2.34. The first-order valence-electron chi connectivity index (χ1n) is 5.38. The van der Waals surface area contributed by atoms with E-state index in [4.69, 9.17) is 0 Å². The summed E-state index contributed by atoms with van der Waals surface area (Å²) in [7, 11) is 0. The van der Waals surface area contributed by atoms with Crippen LogP contribution in [0.1, 0.15) is 38.8 Å². The lowest BCUT2D eigenvalue weighted by Crippen LogP contribution is -2.17. The van der Waals surface area contributed by atoms with Crippen LogP contribution in [0.3, 0.4) is 0 Å². The van der Waals surface area contributed by atoms with Gasteiger partial charge in [-0.3, -0.25) is 0 Å². The molecular formula is C11H18FN3. The largest absolute Gasteiger partial charge is 0.365 e. The summed E-state index contributed by atoms with van der Waals surface area (Å²) in [6, 6.07) is 0.244. The van der Waals surface area contributed by atoms with Gasteiger partial charge in [0.05, 0.1) is 5.69 Å². The average molecular weight is 211 g/mol. The van der Waals surface area contributed by atoms with Gasteiger partial charge in [-0.15, -0.1) is 0 Å². The summed E-state index contributed by atoms with van der Waals surface area (Å²) >= 11 is 0. The molecule has 15 heavy (non-hydrogen) atoms. The second-order valence-corrected chi connectivity index (χ2v) is 3.81. The summed E-state index contributed by atoms with van der Waals surface area (Å²) in [6.45, 7) is 5.81. The lowest BCUT2D eigenvalue weighted by atomic mass is 10.1. The normalized spacial score (nSPS) is 12.5. The molecule has 1 rings (SSSR count). The van der Waals surface area contributed by atoms with Crippen molar-refractivity contribution < 1.29 is 4.39 Å². The fourth-order valence-corrected chi connectivity index (χ4v) is 1.37. The molecule has 1 unspecified atom stereocenters. The van der Waals surface area contributed by atoms with E-state index in [0.717, 1.165) is 19.3 Å². The van der Waals surface area contributed by atoms with Crippen molar-refractivity contribution in [1.29, 1.82) is 0 Å². The van der Waals surface area contributed by atoms with E-state index >= 15 is 0 Å². The van der Waals surface area contributed by atoms with Gasteiger partial charge in [-0.05, 0) is 20.3 Å². The molecule has 0 saturated carbocycles. The maximum Gasteiger partial charge on any atom is 0.186 e. The third-order valence-electron chi connectivity index (χ3n) is 2.34. The van der Waals surface area contributed by atoms with Crippen molar-refractivity contribution in [2.75, 3.05) is 5.32 Å². The highest BCUT2D eigenvalue weighted by Gasteiger charge is 2.09. The zero-order chi connectivity index (χ0) is 11.3. The zero-order valence-corrected chi connectivity index (χ0v) is 9.55. The molecule has 0 saturated heterocycles. The molecule has 1 atom stereocenters. The smallest absolute Gasteiger partial charge is 0.186 e. The summed E-state index contributed by atoms with van der Waals surface area (Å²) < 4.78 is 13.5. The van der Waals surface area contributed by atoms with E-state index in [-0.39, 0.29) is 11.9 Å². The molecule has 0 spiro atoms. The van der Waals surface area contributed by atoms with Gasteiger partial charge in [0, 0.05) is 6.04 Å². The van der Waals surface area contributed by atoms with Gasteiger partial charge in [0.2, 0.25) is 0 Å². The van der Waals surface area contributed by atoms with Gasteiger partial charge in [-0.2, -0.15) is 0 Å². The molecule has 0 aromatic carbocycles. The Morgan fingerprint density at radius 2 is 2.20 bits per heavy atom. The van der Waals surface area contributed by atoms with Crippen LogP contribution in [0.25, 0.3) is 0 Å². The van der Waals surface area contributed by atoms with Crippen molar-refractivity contribution in [3.8, 4) is 0 Å². The minimum atomic E-state index is -0.346. The van der Waals surface area contributed by atoms with Crippen LogP contribution in [0.4, 0.5) is 10.2 Å². The van der Waals surface area contributed by atoms with Crippen LogP contribution in [0, 0.1) is 12.7 Å². The highest BCUT2D eigenvalue weighted by atomic mass is 19.1. The molecule has 0 radical (unpaired) electrons.